The van der Waals surface area contributed by atoms with E-state index in [1.807, 2.05) is 24.3 Å². The van der Waals surface area contributed by atoms with Crippen molar-refractivity contribution >= 4 is 23.6 Å². The van der Waals surface area contributed by atoms with Crippen molar-refractivity contribution in [2.75, 3.05) is 19.8 Å². The van der Waals surface area contributed by atoms with Crippen molar-refractivity contribution in [1.82, 2.24) is 15.1 Å². The summed E-state index contributed by atoms with van der Waals surface area (Å²) in [4.78, 5) is 52.3. The Labute approximate surface area is 202 Å². The number of hydrogen-bond donors (Lipinski definition) is 1. The molecule has 2 aromatic carbocycles. The quantitative estimate of drug-likeness (QED) is 0.644. The molecule has 1 unspecified atom stereocenters. The highest BCUT2D eigenvalue weighted by Gasteiger charge is 2.40. The summed E-state index contributed by atoms with van der Waals surface area (Å²) >= 11 is 0. The Kier molecular flexibility index (Phi) is 4.83. The third kappa shape index (κ3) is 4.38. The molecule has 1 atom stereocenters. The fourth-order valence-electron chi connectivity index (χ4n) is 4.11. The first-order chi connectivity index (χ1) is 18.0. The molecule has 3 aliphatic heterocycles. The fraction of sp³-hybridized carbons (Fsp3) is 0.360. The van der Waals surface area contributed by atoms with Gasteiger partial charge < -0.3 is 19.3 Å². The fourth-order valence-corrected chi connectivity index (χ4v) is 4.11. The van der Waals surface area contributed by atoms with Crippen LogP contribution in [0.15, 0.2) is 42.5 Å². The highest BCUT2D eigenvalue weighted by atomic mass is 16.5. The number of amides is 4. The van der Waals surface area contributed by atoms with Gasteiger partial charge in [-0.25, -0.2) is 0 Å². The molecule has 0 aliphatic carbocycles. The van der Waals surface area contributed by atoms with Crippen LogP contribution in [0.1, 0.15) is 44.0 Å². The SMILES string of the molecule is [2H]N1C(=O)CC([2H])([2H])C([2H])(N2Cc3c(OCc4ccc(CN5CCOCC5=O)cc4)cccc3C2=O)C1=O. The molecular weight excluding hydrogens is 438 g/mol. The lowest BCUT2D eigenvalue weighted by Crippen LogP contribution is -2.52. The number of hydrogen-bond acceptors (Lipinski definition) is 6. The molecule has 2 saturated heterocycles. The number of fused-ring (bicyclic) bond motifs is 1. The van der Waals surface area contributed by atoms with Crippen LogP contribution in [0.4, 0.5) is 0 Å². The molecule has 0 radical (unpaired) electrons. The van der Waals surface area contributed by atoms with Crippen molar-refractivity contribution in [2.24, 2.45) is 0 Å². The molecule has 5 rings (SSSR count). The van der Waals surface area contributed by atoms with Crippen LogP contribution in [0.2, 0.25) is 1.41 Å². The number of imide groups is 1. The smallest absolute Gasteiger partial charge is 0.255 e. The summed E-state index contributed by atoms with van der Waals surface area (Å²) in [5.41, 5.74) is 2.35. The van der Waals surface area contributed by atoms with Gasteiger partial charge in [0.05, 0.1) is 14.5 Å². The predicted molar refractivity (Wildman–Crippen MR) is 119 cm³/mol. The van der Waals surface area contributed by atoms with Gasteiger partial charge in [-0.1, -0.05) is 30.3 Å². The number of nitrogens with one attached hydrogen (secondary N) is 1. The maximum absolute atomic E-state index is 13.2. The summed E-state index contributed by atoms with van der Waals surface area (Å²) in [5, 5.41) is -0.0410. The van der Waals surface area contributed by atoms with Crippen LogP contribution >= 0.6 is 0 Å². The zero-order valence-corrected chi connectivity index (χ0v) is 18.3. The monoisotopic (exact) mass is 467 g/mol. The van der Waals surface area contributed by atoms with Crippen molar-refractivity contribution in [3.8, 4) is 5.75 Å². The van der Waals surface area contributed by atoms with Crippen LogP contribution < -0.4 is 10.0 Å². The Morgan fingerprint density at radius 3 is 2.74 bits per heavy atom. The summed E-state index contributed by atoms with van der Waals surface area (Å²) in [5.74, 6) is -2.94. The van der Waals surface area contributed by atoms with Gasteiger partial charge in [-0.05, 0) is 29.6 Å². The molecule has 0 aromatic heterocycles. The minimum atomic E-state index is -2.78. The van der Waals surface area contributed by atoms with E-state index in [2.05, 4.69) is 0 Å². The van der Waals surface area contributed by atoms with Crippen molar-refractivity contribution in [3.05, 3.63) is 64.7 Å². The predicted octanol–water partition coefficient (Wildman–Crippen LogP) is 1.39. The lowest BCUT2D eigenvalue weighted by Gasteiger charge is -2.29. The van der Waals surface area contributed by atoms with E-state index >= 15 is 0 Å². The number of ether oxygens (including phenoxy) is 2. The van der Waals surface area contributed by atoms with Gasteiger partial charge in [-0.2, -0.15) is 0 Å². The third-order valence-corrected chi connectivity index (χ3v) is 5.91. The van der Waals surface area contributed by atoms with Gasteiger partial charge in [0.1, 0.15) is 25.0 Å². The standard InChI is InChI=1S/C25H25N3O6/c29-22-9-8-20(24(31)26-22)28-13-19-18(25(28)32)2-1-3-21(19)34-14-17-6-4-16(5-7-17)12-27-10-11-33-15-23(27)30/h1-7,20H,8-15H2,(H,26,29,31)/i8D2,20D/hD. The molecule has 0 spiro atoms. The number of rotatable bonds is 6. The molecule has 3 aliphatic rings. The van der Waals surface area contributed by atoms with Gasteiger partial charge in [0.2, 0.25) is 17.7 Å². The number of carbonyl (C=O) groups excluding carboxylic acids is 4. The van der Waals surface area contributed by atoms with Crippen molar-refractivity contribution < 1.29 is 34.2 Å². The Balaban J connectivity index is 1.31. The molecule has 0 saturated carbocycles. The molecule has 34 heavy (non-hydrogen) atoms. The molecule has 4 amide bonds. The lowest BCUT2D eigenvalue weighted by molar-refractivity contribution is -0.143. The summed E-state index contributed by atoms with van der Waals surface area (Å²) in [7, 11) is 0. The first-order valence-electron chi connectivity index (χ1n) is 12.8. The minimum Gasteiger partial charge on any atom is -0.489 e. The van der Waals surface area contributed by atoms with Gasteiger partial charge in [0.15, 0.2) is 1.41 Å². The van der Waals surface area contributed by atoms with Gasteiger partial charge in [0.25, 0.3) is 5.91 Å². The number of nitrogens with zero attached hydrogens (tertiary/aromatic N) is 2. The second-order valence-corrected chi connectivity index (χ2v) is 8.16. The molecule has 9 heteroatoms. The number of carbonyl (C=O) groups is 4. The Bertz CT molecular complexity index is 1320. The topological polar surface area (TPSA) is 105 Å². The highest BCUT2D eigenvalue weighted by Crippen LogP contribution is 2.34. The van der Waals surface area contributed by atoms with Gasteiger partial charge >= 0.3 is 0 Å². The van der Waals surface area contributed by atoms with E-state index in [4.69, 9.17) is 15.0 Å². The van der Waals surface area contributed by atoms with E-state index in [0.717, 1.165) is 16.0 Å². The van der Waals surface area contributed by atoms with E-state index in [1.165, 1.54) is 6.07 Å². The average Bonchev–Trinajstić information content (AvgIpc) is 3.24. The van der Waals surface area contributed by atoms with E-state index in [0.29, 0.717) is 31.0 Å². The van der Waals surface area contributed by atoms with Crippen molar-refractivity contribution in [1.29, 1.82) is 0 Å². The number of morpholine rings is 1. The molecule has 1 N–H and O–H groups in total. The largest absolute Gasteiger partial charge is 0.489 e. The average molecular weight is 468 g/mol. The molecular formula is C25H25N3O6. The first kappa shape index (κ1) is 17.7. The Morgan fingerprint density at radius 1 is 1.15 bits per heavy atom. The molecule has 0 bridgehead atoms. The zero-order valence-electron chi connectivity index (χ0n) is 22.3. The van der Waals surface area contributed by atoms with Gasteiger partial charge in [0, 0.05) is 33.4 Å². The van der Waals surface area contributed by atoms with Crippen LogP contribution in [0.3, 0.4) is 0 Å². The van der Waals surface area contributed by atoms with Gasteiger partial charge in [-0.15, -0.1) is 0 Å². The first-order valence-corrected chi connectivity index (χ1v) is 10.9. The Hall–Kier alpha value is -3.72. The minimum absolute atomic E-state index is 0.0410. The van der Waals surface area contributed by atoms with Crippen molar-refractivity contribution in [3.63, 3.8) is 0 Å². The van der Waals surface area contributed by atoms with E-state index in [-0.39, 0.29) is 36.5 Å². The Morgan fingerprint density at radius 2 is 1.94 bits per heavy atom. The molecule has 2 fully saturated rings. The van der Waals surface area contributed by atoms with Crippen LogP contribution in [-0.4, -0.2) is 59.2 Å². The van der Waals surface area contributed by atoms with E-state index < -0.39 is 36.5 Å². The maximum Gasteiger partial charge on any atom is 0.255 e. The van der Waals surface area contributed by atoms with Crippen LogP contribution in [0, 0.1) is 0 Å². The summed E-state index contributed by atoms with van der Waals surface area (Å²) in [6, 6.07) is 9.49. The second kappa shape index (κ2) is 9.26. The van der Waals surface area contributed by atoms with Crippen molar-refractivity contribution in [2.45, 2.75) is 38.5 Å². The van der Waals surface area contributed by atoms with Gasteiger partial charge in [-0.3, -0.25) is 24.5 Å². The number of piperidine rings is 1. The number of benzene rings is 2. The lowest BCUT2D eigenvalue weighted by atomic mass is 10.0. The highest BCUT2D eigenvalue weighted by molar-refractivity contribution is 6.05. The molecule has 2 aromatic rings. The summed E-state index contributed by atoms with van der Waals surface area (Å²) in [6.45, 7) is 1.50. The molecule has 9 nitrogen and oxygen atoms in total. The maximum atomic E-state index is 13.2. The van der Waals surface area contributed by atoms with E-state index in [9.17, 15) is 19.2 Å². The third-order valence-electron chi connectivity index (χ3n) is 5.91. The zero-order chi connectivity index (χ0) is 27.2. The van der Waals surface area contributed by atoms with Crippen LogP contribution in [-0.2, 0) is 38.8 Å². The van der Waals surface area contributed by atoms with Crippen LogP contribution in [0.25, 0.3) is 0 Å². The van der Waals surface area contributed by atoms with E-state index in [1.54, 1.807) is 17.0 Å². The second-order valence-electron chi connectivity index (χ2n) is 8.16. The normalized spacial score (nSPS) is 26.1. The summed E-state index contributed by atoms with van der Waals surface area (Å²) in [6.07, 6.45) is -3.56. The summed E-state index contributed by atoms with van der Waals surface area (Å²) < 4.78 is 43.9. The molecule has 176 valence electrons. The van der Waals surface area contributed by atoms with Crippen LogP contribution in [0.5, 0.6) is 5.75 Å². The molecule has 3 heterocycles.